The third kappa shape index (κ3) is 3.80. The molecule has 16 heavy (non-hydrogen) atoms. The van der Waals surface area contributed by atoms with Gasteiger partial charge in [-0.15, -0.1) is 0 Å². The van der Waals surface area contributed by atoms with Crippen LogP contribution in [0.15, 0.2) is 24.3 Å². The maximum atomic E-state index is 11.5. The second kappa shape index (κ2) is 5.83. The molecule has 88 valence electrons. The summed E-state index contributed by atoms with van der Waals surface area (Å²) in [5.41, 5.74) is 2.62. The number of hydrogen-bond donors (Lipinski definition) is 0. The van der Waals surface area contributed by atoms with Crippen molar-refractivity contribution in [2.75, 3.05) is 0 Å². The molecular formula is C15H22O. The van der Waals surface area contributed by atoms with Crippen LogP contribution in [0.5, 0.6) is 0 Å². The van der Waals surface area contributed by atoms with E-state index in [4.69, 9.17) is 0 Å². The number of Topliss-reactive ketones (excluding diaryl/α,β-unsaturated/α-hetero) is 1. The molecule has 1 rings (SSSR count). The van der Waals surface area contributed by atoms with Gasteiger partial charge >= 0.3 is 0 Å². The van der Waals surface area contributed by atoms with Crippen molar-refractivity contribution in [2.24, 2.45) is 5.92 Å². The highest BCUT2D eigenvalue weighted by atomic mass is 16.1. The highest BCUT2D eigenvalue weighted by molar-refractivity contribution is 5.80. The van der Waals surface area contributed by atoms with Crippen LogP contribution in [-0.4, -0.2) is 5.78 Å². The summed E-state index contributed by atoms with van der Waals surface area (Å²) >= 11 is 0. The first-order valence-corrected chi connectivity index (χ1v) is 6.10. The van der Waals surface area contributed by atoms with Crippen LogP contribution in [0.3, 0.4) is 0 Å². The van der Waals surface area contributed by atoms with Crippen molar-refractivity contribution in [3.05, 3.63) is 35.4 Å². The van der Waals surface area contributed by atoms with Crippen molar-refractivity contribution >= 4 is 5.78 Å². The molecule has 0 N–H and O–H groups in total. The van der Waals surface area contributed by atoms with E-state index in [1.807, 2.05) is 13.8 Å². The molecule has 1 aromatic rings. The van der Waals surface area contributed by atoms with E-state index >= 15 is 0 Å². The Kier molecular flexibility index (Phi) is 4.72. The summed E-state index contributed by atoms with van der Waals surface area (Å²) in [6.07, 6.45) is 1.66. The van der Waals surface area contributed by atoms with Crippen molar-refractivity contribution in [1.29, 1.82) is 0 Å². The summed E-state index contributed by atoms with van der Waals surface area (Å²) in [7, 11) is 0. The van der Waals surface area contributed by atoms with Crippen LogP contribution in [0.4, 0.5) is 0 Å². The molecule has 0 aliphatic rings. The van der Waals surface area contributed by atoms with Gasteiger partial charge in [0.05, 0.1) is 0 Å². The molecule has 1 aromatic carbocycles. The average Bonchev–Trinajstić information content (AvgIpc) is 2.26. The smallest absolute Gasteiger partial charge is 0.135 e. The van der Waals surface area contributed by atoms with Gasteiger partial charge in [-0.05, 0) is 24.8 Å². The summed E-state index contributed by atoms with van der Waals surface area (Å²) in [5, 5.41) is 0. The molecule has 0 radical (unpaired) electrons. The SMILES string of the molecule is Cc1ccc([C@@H](C)CCC(=O)C(C)C)cc1. The van der Waals surface area contributed by atoms with Crippen molar-refractivity contribution < 1.29 is 4.79 Å². The third-order valence-corrected chi connectivity index (χ3v) is 3.11. The zero-order valence-corrected chi connectivity index (χ0v) is 10.8. The summed E-state index contributed by atoms with van der Waals surface area (Å²) in [5.74, 6) is 1.02. The lowest BCUT2D eigenvalue weighted by Gasteiger charge is -2.12. The first kappa shape index (κ1) is 13.0. The second-order valence-electron chi connectivity index (χ2n) is 4.97. The van der Waals surface area contributed by atoms with Gasteiger partial charge in [0.15, 0.2) is 0 Å². The van der Waals surface area contributed by atoms with E-state index in [0.717, 1.165) is 6.42 Å². The Labute approximate surface area is 98.9 Å². The predicted octanol–water partition coefficient (Wildman–Crippen LogP) is 4.10. The maximum absolute atomic E-state index is 11.5. The van der Waals surface area contributed by atoms with Gasteiger partial charge in [0.2, 0.25) is 0 Å². The van der Waals surface area contributed by atoms with E-state index in [1.165, 1.54) is 11.1 Å². The molecule has 0 saturated carbocycles. The molecule has 1 heteroatoms. The van der Waals surface area contributed by atoms with Gasteiger partial charge in [-0.25, -0.2) is 0 Å². The first-order chi connectivity index (χ1) is 7.50. The van der Waals surface area contributed by atoms with Gasteiger partial charge in [0.1, 0.15) is 5.78 Å². The summed E-state index contributed by atoms with van der Waals surface area (Å²) < 4.78 is 0. The third-order valence-electron chi connectivity index (χ3n) is 3.11. The molecule has 0 fully saturated rings. The Morgan fingerprint density at radius 1 is 1.12 bits per heavy atom. The Bertz CT molecular complexity index is 335. The lowest BCUT2D eigenvalue weighted by Crippen LogP contribution is -2.08. The lowest BCUT2D eigenvalue weighted by atomic mass is 9.92. The van der Waals surface area contributed by atoms with Crippen molar-refractivity contribution in [2.45, 2.75) is 46.5 Å². The Morgan fingerprint density at radius 3 is 2.19 bits per heavy atom. The predicted molar refractivity (Wildman–Crippen MR) is 68.7 cm³/mol. The van der Waals surface area contributed by atoms with Gasteiger partial charge in [-0.1, -0.05) is 50.6 Å². The zero-order chi connectivity index (χ0) is 12.1. The standard InChI is InChI=1S/C15H22O/c1-11(2)15(16)10-7-13(4)14-8-5-12(3)6-9-14/h5-6,8-9,11,13H,7,10H2,1-4H3/t13-/m0/s1. The van der Waals surface area contributed by atoms with Crippen LogP contribution in [0, 0.1) is 12.8 Å². The molecule has 0 unspecified atom stereocenters. The van der Waals surface area contributed by atoms with E-state index in [2.05, 4.69) is 38.1 Å². The topological polar surface area (TPSA) is 17.1 Å². The molecule has 0 heterocycles. The molecule has 0 spiro atoms. The molecule has 1 atom stereocenters. The van der Waals surface area contributed by atoms with E-state index in [-0.39, 0.29) is 5.92 Å². The fourth-order valence-corrected chi connectivity index (χ4v) is 1.71. The number of aryl methyl sites for hydroxylation is 1. The molecular weight excluding hydrogens is 196 g/mol. The van der Waals surface area contributed by atoms with Crippen molar-refractivity contribution in [1.82, 2.24) is 0 Å². The fraction of sp³-hybridized carbons (Fsp3) is 0.533. The maximum Gasteiger partial charge on any atom is 0.135 e. The van der Waals surface area contributed by atoms with E-state index in [0.29, 0.717) is 18.1 Å². The summed E-state index contributed by atoms with van der Waals surface area (Å²) in [4.78, 5) is 11.5. The lowest BCUT2D eigenvalue weighted by molar-refractivity contribution is -0.122. The molecule has 0 amide bonds. The highest BCUT2D eigenvalue weighted by Gasteiger charge is 2.11. The monoisotopic (exact) mass is 218 g/mol. The minimum atomic E-state index is 0.171. The first-order valence-electron chi connectivity index (χ1n) is 6.10. The minimum Gasteiger partial charge on any atom is -0.299 e. The zero-order valence-electron chi connectivity index (χ0n) is 10.8. The van der Waals surface area contributed by atoms with Crippen LogP contribution >= 0.6 is 0 Å². The number of carbonyl (C=O) groups is 1. The number of rotatable bonds is 5. The minimum absolute atomic E-state index is 0.171. The normalized spacial score (nSPS) is 12.8. The Morgan fingerprint density at radius 2 is 1.69 bits per heavy atom. The molecule has 0 aliphatic carbocycles. The van der Waals surface area contributed by atoms with Crippen LogP contribution in [-0.2, 0) is 4.79 Å². The van der Waals surface area contributed by atoms with Gasteiger partial charge in [-0.3, -0.25) is 4.79 Å². The van der Waals surface area contributed by atoms with Crippen LogP contribution < -0.4 is 0 Å². The number of carbonyl (C=O) groups excluding carboxylic acids is 1. The second-order valence-corrected chi connectivity index (χ2v) is 4.97. The number of ketones is 1. The van der Waals surface area contributed by atoms with E-state index < -0.39 is 0 Å². The largest absolute Gasteiger partial charge is 0.299 e. The Balaban J connectivity index is 2.49. The number of benzene rings is 1. The van der Waals surface area contributed by atoms with Crippen LogP contribution in [0.25, 0.3) is 0 Å². The van der Waals surface area contributed by atoms with Gasteiger partial charge in [0.25, 0.3) is 0 Å². The highest BCUT2D eigenvalue weighted by Crippen LogP contribution is 2.21. The molecule has 0 aromatic heterocycles. The van der Waals surface area contributed by atoms with Gasteiger partial charge in [0, 0.05) is 12.3 Å². The van der Waals surface area contributed by atoms with Crippen LogP contribution in [0.1, 0.15) is 50.7 Å². The average molecular weight is 218 g/mol. The van der Waals surface area contributed by atoms with Gasteiger partial charge in [-0.2, -0.15) is 0 Å². The van der Waals surface area contributed by atoms with E-state index in [1.54, 1.807) is 0 Å². The fourth-order valence-electron chi connectivity index (χ4n) is 1.71. The van der Waals surface area contributed by atoms with Crippen molar-refractivity contribution in [3.8, 4) is 0 Å². The van der Waals surface area contributed by atoms with Crippen molar-refractivity contribution in [3.63, 3.8) is 0 Å². The molecule has 0 saturated heterocycles. The number of hydrogen-bond acceptors (Lipinski definition) is 1. The van der Waals surface area contributed by atoms with E-state index in [9.17, 15) is 4.79 Å². The summed E-state index contributed by atoms with van der Waals surface area (Å²) in [6, 6.07) is 8.60. The quantitative estimate of drug-likeness (QED) is 0.727. The van der Waals surface area contributed by atoms with Crippen LogP contribution in [0.2, 0.25) is 0 Å². The molecule has 0 bridgehead atoms. The summed E-state index contributed by atoms with van der Waals surface area (Å²) in [6.45, 7) is 8.23. The van der Waals surface area contributed by atoms with Gasteiger partial charge < -0.3 is 0 Å². The molecule has 1 nitrogen and oxygen atoms in total. The molecule has 0 aliphatic heterocycles. The Hall–Kier alpha value is -1.11.